The molecule has 4 N–H and O–H groups in total. The van der Waals surface area contributed by atoms with E-state index in [1.54, 1.807) is 0 Å². The lowest BCUT2D eigenvalue weighted by Gasteiger charge is -2.32. The first-order valence-corrected chi connectivity index (χ1v) is 5.78. The van der Waals surface area contributed by atoms with Crippen LogP contribution in [0, 0.1) is 0 Å². The van der Waals surface area contributed by atoms with E-state index in [-0.39, 0.29) is 18.2 Å². The number of hydrogen-bond donors (Lipinski definition) is 3. The number of aliphatic hydroxyl groups is 1. The van der Waals surface area contributed by atoms with Crippen molar-refractivity contribution in [1.82, 2.24) is 9.97 Å². The highest BCUT2D eigenvalue weighted by molar-refractivity contribution is 5.66. The van der Waals surface area contributed by atoms with Crippen LogP contribution in [0.25, 0.3) is 0 Å². The SMILES string of the molecule is CC(C)Oc1ncnc(NC2CC(O)C2)c1N. The fraction of sp³-hybridized carbons (Fsp3) is 0.636. The summed E-state index contributed by atoms with van der Waals surface area (Å²) < 4.78 is 5.47. The fourth-order valence-corrected chi connectivity index (χ4v) is 1.71. The van der Waals surface area contributed by atoms with Crippen LogP contribution >= 0.6 is 0 Å². The van der Waals surface area contributed by atoms with Crippen LogP contribution in [0.2, 0.25) is 0 Å². The molecule has 1 aromatic rings. The number of rotatable bonds is 4. The molecule has 0 amide bonds. The van der Waals surface area contributed by atoms with Crippen molar-refractivity contribution in [1.29, 1.82) is 0 Å². The van der Waals surface area contributed by atoms with Crippen molar-refractivity contribution in [2.75, 3.05) is 11.1 Å². The number of nitrogens with zero attached hydrogens (tertiary/aromatic N) is 2. The van der Waals surface area contributed by atoms with Gasteiger partial charge in [-0.15, -0.1) is 0 Å². The van der Waals surface area contributed by atoms with Gasteiger partial charge in [0.05, 0.1) is 12.2 Å². The van der Waals surface area contributed by atoms with Gasteiger partial charge in [0, 0.05) is 6.04 Å². The molecule has 0 bridgehead atoms. The Hall–Kier alpha value is -1.56. The summed E-state index contributed by atoms with van der Waals surface area (Å²) in [5.41, 5.74) is 6.34. The van der Waals surface area contributed by atoms with Gasteiger partial charge in [-0.3, -0.25) is 0 Å². The maximum Gasteiger partial charge on any atom is 0.242 e. The molecule has 1 aromatic heterocycles. The minimum atomic E-state index is -0.207. The fourth-order valence-electron chi connectivity index (χ4n) is 1.71. The van der Waals surface area contributed by atoms with Gasteiger partial charge in [-0.05, 0) is 26.7 Å². The highest BCUT2D eigenvalue weighted by Gasteiger charge is 2.28. The van der Waals surface area contributed by atoms with Gasteiger partial charge in [-0.1, -0.05) is 0 Å². The summed E-state index contributed by atoms with van der Waals surface area (Å²) in [6, 6.07) is 0.231. The van der Waals surface area contributed by atoms with Crippen LogP contribution in [0.5, 0.6) is 5.88 Å². The van der Waals surface area contributed by atoms with Gasteiger partial charge in [-0.2, -0.15) is 4.98 Å². The molecule has 6 nitrogen and oxygen atoms in total. The lowest BCUT2D eigenvalue weighted by Crippen LogP contribution is -2.39. The lowest BCUT2D eigenvalue weighted by atomic mass is 9.89. The van der Waals surface area contributed by atoms with Crippen molar-refractivity contribution in [2.24, 2.45) is 0 Å². The number of hydrogen-bond acceptors (Lipinski definition) is 6. The maximum atomic E-state index is 9.21. The summed E-state index contributed by atoms with van der Waals surface area (Å²) in [6.07, 6.45) is 2.69. The molecule has 1 saturated carbocycles. The molecule has 0 spiro atoms. The number of aliphatic hydroxyl groups excluding tert-OH is 1. The molecular formula is C11H18N4O2. The molecule has 0 saturated heterocycles. The molecule has 17 heavy (non-hydrogen) atoms. The van der Waals surface area contributed by atoms with Crippen LogP contribution < -0.4 is 15.8 Å². The second-order valence-corrected chi connectivity index (χ2v) is 4.57. The second kappa shape index (κ2) is 4.75. The number of nitrogens with two attached hydrogens (primary N) is 1. The summed E-state index contributed by atoms with van der Waals surface area (Å²) >= 11 is 0. The zero-order valence-corrected chi connectivity index (χ0v) is 10.1. The average molecular weight is 238 g/mol. The van der Waals surface area contributed by atoms with Crippen molar-refractivity contribution >= 4 is 11.5 Å². The molecular weight excluding hydrogens is 220 g/mol. The van der Waals surface area contributed by atoms with Gasteiger partial charge in [-0.25, -0.2) is 4.98 Å². The third-order valence-corrected chi connectivity index (χ3v) is 2.65. The van der Waals surface area contributed by atoms with E-state index in [1.165, 1.54) is 6.33 Å². The molecule has 1 heterocycles. The van der Waals surface area contributed by atoms with E-state index in [4.69, 9.17) is 10.5 Å². The highest BCUT2D eigenvalue weighted by Crippen LogP contribution is 2.29. The van der Waals surface area contributed by atoms with Crippen LogP contribution in [0.4, 0.5) is 11.5 Å². The van der Waals surface area contributed by atoms with E-state index in [9.17, 15) is 5.11 Å². The zero-order valence-electron chi connectivity index (χ0n) is 10.1. The molecule has 0 aliphatic heterocycles. The number of nitrogen functional groups attached to an aromatic ring is 1. The summed E-state index contributed by atoms with van der Waals surface area (Å²) in [5, 5.41) is 12.4. The van der Waals surface area contributed by atoms with Gasteiger partial charge in [0.25, 0.3) is 0 Å². The van der Waals surface area contributed by atoms with Gasteiger partial charge in [0.2, 0.25) is 5.88 Å². The Morgan fingerprint density at radius 1 is 1.47 bits per heavy atom. The first kappa shape index (κ1) is 11.9. The van der Waals surface area contributed by atoms with E-state index in [1.807, 2.05) is 13.8 Å². The van der Waals surface area contributed by atoms with Crippen molar-refractivity contribution in [2.45, 2.75) is 44.9 Å². The van der Waals surface area contributed by atoms with E-state index in [2.05, 4.69) is 15.3 Å². The summed E-state index contributed by atoms with van der Waals surface area (Å²) in [7, 11) is 0. The maximum absolute atomic E-state index is 9.21. The Morgan fingerprint density at radius 3 is 2.76 bits per heavy atom. The Kier molecular flexibility index (Phi) is 3.33. The smallest absolute Gasteiger partial charge is 0.242 e. The summed E-state index contributed by atoms with van der Waals surface area (Å²) in [4.78, 5) is 8.08. The topological polar surface area (TPSA) is 93.3 Å². The normalized spacial score (nSPS) is 23.3. The number of ether oxygens (including phenoxy) is 1. The highest BCUT2D eigenvalue weighted by atomic mass is 16.5. The average Bonchev–Trinajstić information content (AvgIpc) is 2.21. The van der Waals surface area contributed by atoms with Gasteiger partial charge < -0.3 is 20.9 Å². The van der Waals surface area contributed by atoms with Crippen molar-refractivity contribution in [3.05, 3.63) is 6.33 Å². The van der Waals surface area contributed by atoms with E-state index in [0.717, 1.165) is 12.8 Å². The van der Waals surface area contributed by atoms with Crippen LogP contribution in [0.15, 0.2) is 6.33 Å². The largest absolute Gasteiger partial charge is 0.473 e. The van der Waals surface area contributed by atoms with E-state index >= 15 is 0 Å². The monoisotopic (exact) mass is 238 g/mol. The standard InChI is InChI=1S/C11H18N4O2/c1-6(2)17-11-9(12)10(13-5-14-11)15-7-3-8(16)4-7/h5-8,16H,3-4,12H2,1-2H3,(H,13,14,15). The molecule has 1 aliphatic carbocycles. The Labute approximate surface area is 100 Å². The van der Waals surface area contributed by atoms with Gasteiger partial charge in [0.15, 0.2) is 5.82 Å². The molecule has 1 aliphatic rings. The van der Waals surface area contributed by atoms with E-state index < -0.39 is 0 Å². The Balaban J connectivity index is 2.06. The predicted octanol–water partition coefficient (Wildman–Crippen LogP) is 0.781. The number of aromatic nitrogens is 2. The second-order valence-electron chi connectivity index (χ2n) is 4.57. The lowest BCUT2D eigenvalue weighted by molar-refractivity contribution is 0.0835. The third kappa shape index (κ3) is 2.76. The summed E-state index contributed by atoms with van der Waals surface area (Å²) in [5.74, 6) is 0.977. The van der Waals surface area contributed by atoms with Gasteiger partial charge >= 0.3 is 0 Å². The van der Waals surface area contributed by atoms with Crippen LogP contribution in [-0.2, 0) is 0 Å². The zero-order chi connectivity index (χ0) is 12.4. The minimum absolute atomic E-state index is 0.0191. The molecule has 94 valence electrons. The molecule has 0 aromatic carbocycles. The van der Waals surface area contributed by atoms with Crippen LogP contribution in [0.1, 0.15) is 26.7 Å². The third-order valence-electron chi connectivity index (χ3n) is 2.65. The molecule has 6 heteroatoms. The quantitative estimate of drug-likeness (QED) is 0.717. The summed E-state index contributed by atoms with van der Waals surface area (Å²) in [6.45, 7) is 3.83. The van der Waals surface area contributed by atoms with Gasteiger partial charge in [0.1, 0.15) is 12.0 Å². The number of anilines is 2. The van der Waals surface area contributed by atoms with Crippen molar-refractivity contribution in [3.63, 3.8) is 0 Å². The first-order valence-electron chi connectivity index (χ1n) is 5.78. The Morgan fingerprint density at radius 2 is 2.18 bits per heavy atom. The Bertz CT molecular complexity index is 391. The van der Waals surface area contributed by atoms with Crippen LogP contribution in [0.3, 0.4) is 0 Å². The predicted molar refractivity (Wildman–Crippen MR) is 64.9 cm³/mol. The van der Waals surface area contributed by atoms with E-state index in [0.29, 0.717) is 17.4 Å². The molecule has 0 atom stereocenters. The number of nitrogens with one attached hydrogen (secondary N) is 1. The van der Waals surface area contributed by atoms with Crippen LogP contribution in [-0.4, -0.2) is 33.3 Å². The minimum Gasteiger partial charge on any atom is -0.473 e. The molecule has 1 fully saturated rings. The molecule has 0 radical (unpaired) electrons. The van der Waals surface area contributed by atoms with Crippen molar-refractivity contribution in [3.8, 4) is 5.88 Å². The molecule has 2 rings (SSSR count). The molecule has 0 unspecified atom stereocenters. The van der Waals surface area contributed by atoms with Crippen molar-refractivity contribution < 1.29 is 9.84 Å². The first-order chi connectivity index (χ1) is 8.06.